The molecule has 0 bridgehead atoms. The molecule has 7 heteroatoms. The lowest BCUT2D eigenvalue weighted by Crippen LogP contribution is -2.40. The molecule has 5 nitrogen and oxygen atoms in total. The standard InChI is InChI=1S/C22H33FN4O.HI/c1-2-24-22(27-15-18-5-3-4-6-19(18)16-27)25-14-17-7-8-21(20(23)13-17)26-9-11-28-12-10-26;/h7-8,13,18-19H,2-6,9-12,14-16H2,1H3,(H,24,25);1H. The van der Waals surface area contributed by atoms with E-state index in [9.17, 15) is 4.39 Å². The second-order valence-electron chi connectivity index (χ2n) is 8.26. The summed E-state index contributed by atoms with van der Waals surface area (Å²) in [7, 11) is 0. The van der Waals surface area contributed by atoms with Crippen molar-refractivity contribution in [1.82, 2.24) is 10.2 Å². The van der Waals surface area contributed by atoms with Crippen LogP contribution in [0.2, 0.25) is 0 Å². The van der Waals surface area contributed by atoms with Gasteiger partial charge in [0.1, 0.15) is 5.82 Å². The van der Waals surface area contributed by atoms with E-state index in [-0.39, 0.29) is 29.8 Å². The van der Waals surface area contributed by atoms with Gasteiger partial charge in [0.05, 0.1) is 25.4 Å². The summed E-state index contributed by atoms with van der Waals surface area (Å²) in [6.45, 7) is 8.51. The van der Waals surface area contributed by atoms with Crippen LogP contribution in [0, 0.1) is 17.7 Å². The second kappa shape index (κ2) is 10.8. The number of nitrogens with zero attached hydrogens (tertiary/aromatic N) is 3. The normalized spacial score (nSPS) is 24.8. The van der Waals surface area contributed by atoms with Crippen LogP contribution in [0.3, 0.4) is 0 Å². The number of hydrogen-bond acceptors (Lipinski definition) is 3. The minimum atomic E-state index is -0.160. The molecule has 1 aliphatic carbocycles. The highest BCUT2D eigenvalue weighted by Gasteiger charge is 2.35. The van der Waals surface area contributed by atoms with Gasteiger partial charge in [-0.25, -0.2) is 9.38 Å². The van der Waals surface area contributed by atoms with E-state index in [2.05, 4.69) is 22.0 Å². The van der Waals surface area contributed by atoms with Crippen molar-refractivity contribution in [3.63, 3.8) is 0 Å². The first-order valence-corrected chi connectivity index (χ1v) is 10.9. The Bertz CT molecular complexity index is 681. The van der Waals surface area contributed by atoms with Crippen LogP contribution in [0.5, 0.6) is 0 Å². The zero-order valence-corrected chi connectivity index (χ0v) is 19.7. The molecule has 1 aromatic rings. The van der Waals surface area contributed by atoms with Crippen molar-refractivity contribution < 1.29 is 9.13 Å². The van der Waals surface area contributed by atoms with E-state index >= 15 is 0 Å². The number of likely N-dealkylation sites (tertiary alicyclic amines) is 1. The monoisotopic (exact) mass is 516 g/mol. The number of rotatable bonds is 4. The summed E-state index contributed by atoms with van der Waals surface area (Å²) < 4.78 is 20.0. The molecule has 1 saturated carbocycles. The number of ether oxygens (including phenoxy) is 1. The van der Waals surface area contributed by atoms with Crippen LogP contribution in [-0.2, 0) is 11.3 Å². The van der Waals surface area contributed by atoms with E-state index in [1.54, 1.807) is 6.07 Å². The van der Waals surface area contributed by atoms with Gasteiger partial charge in [-0.2, -0.15) is 0 Å². The smallest absolute Gasteiger partial charge is 0.194 e. The topological polar surface area (TPSA) is 40.1 Å². The average Bonchev–Trinajstić information content (AvgIpc) is 3.16. The maximum atomic E-state index is 14.7. The SMILES string of the molecule is CCNC(=NCc1ccc(N2CCOCC2)c(F)c1)N1CC2CCCCC2C1.I. The summed E-state index contributed by atoms with van der Waals surface area (Å²) in [5.74, 6) is 2.46. The Morgan fingerprint density at radius 1 is 1.17 bits per heavy atom. The van der Waals surface area contributed by atoms with E-state index in [0.717, 1.165) is 56.1 Å². The van der Waals surface area contributed by atoms with Crippen LogP contribution < -0.4 is 10.2 Å². The summed E-state index contributed by atoms with van der Waals surface area (Å²) in [6.07, 6.45) is 5.46. The molecule has 0 aromatic heterocycles. The molecular weight excluding hydrogens is 482 g/mol. The van der Waals surface area contributed by atoms with Gasteiger partial charge in [0.2, 0.25) is 0 Å². The van der Waals surface area contributed by atoms with Crippen LogP contribution in [0.4, 0.5) is 10.1 Å². The summed E-state index contributed by atoms with van der Waals surface area (Å²) >= 11 is 0. The zero-order valence-electron chi connectivity index (χ0n) is 17.4. The molecule has 3 aliphatic rings. The maximum absolute atomic E-state index is 14.7. The number of benzene rings is 1. The third-order valence-electron chi connectivity index (χ3n) is 6.39. The molecule has 162 valence electrons. The first kappa shape index (κ1) is 22.6. The van der Waals surface area contributed by atoms with Gasteiger partial charge in [-0.15, -0.1) is 24.0 Å². The highest BCUT2D eigenvalue weighted by molar-refractivity contribution is 14.0. The molecule has 29 heavy (non-hydrogen) atoms. The van der Waals surface area contributed by atoms with E-state index in [0.29, 0.717) is 25.4 Å². The van der Waals surface area contributed by atoms with Gasteiger partial charge < -0.3 is 19.9 Å². The van der Waals surface area contributed by atoms with Crippen molar-refractivity contribution in [2.45, 2.75) is 39.2 Å². The molecule has 3 fully saturated rings. The number of morpholine rings is 1. The van der Waals surface area contributed by atoms with Gasteiger partial charge in [0, 0.05) is 32.7 Å². The van der Waals surface area contributed by atoms with Gasteiger partial charge in [0.25, 0.3) is 0 Å². The van der Waals surface area contributed by atoms with E-state index in [1.807, 2.05) is 12.1 Å². The molecule has 2 saturated heterocycles. The minimum absolute atomic E-state index is 0. The lowest BCUT2D eigenvalue weighted by atomic mass is 9.82. The lowest BCUT2D eigenvalue weighted by Gasteiger charge is -2.29. The third-order valence-corrected chi connectivity index (χ3v) is 6.39. The Kier molecular flexibility index (Phi) is 8.41. The molecule has 2 unspecified atom stereocenters. The number of fused-ring (bicyclic) bond motifs is 1. The number of aliphatic imine (C=N–C) groups is 1. The van der Waals surface area contributed by atoms with Crippen LogP contribution in [-0.4, -0.2) is 56.8 Å². The Hall–Kier alpha value is -1.09. The second-order valence-corrected chi connectivity index (χ2v) is 8.26. The highest BCUT2D eigenvalue weighted by Crippen LogP contribution is 2.36. The molecule has 0 amide bonds. The van der Waals surface area contributed by atoms with Crippen molar-refractivity contribution in [2.24, 2.45) is 16.8 Å². The summed E-state index contributed by atoms with van der Waals surface area (Å²) in [4.78, 5) is 9.31. The molecule has 1 aromatic carbocycles. The molecule has 2 atom stereocenters. The predicted octanol–water partition coefficient (Wildman–Crippen LogP) is 3.87. The van der Waals surface area contributed by atoms with E-state index in [4.69, 9.17) is 9.73 Å². The Morgan fingerprint density at radius 3 is 2.48 bits per heavy atom. The fraction of sp³-hybridized carbons (Fsp3) is 0.682. The van der Waals surface area contributed by atoms with Crippen molar-refractivity contribution in [3.05, 3.63) is 29.6 Å². The number of hydrogen-bond donors (Lipinski definition) is 1. The first-order chi connectivity index (χ1) is 13.7. The van der Waals surface area contributed by atoms with Gasteiger partial charge in [0.15, 0.2) is 5.96 Å². The van der Waals surface area contributed by atoms with Gasteiger partial charge in [-0.05, 0) is 49.3 Å². The van der Waals surface area contributed by atoms with Gasteiger partial charge in [-0.1, -0.05) is 18.9 Å². The molecular formula is C22H34FIN4O. The fourth-order valence-corrected chi connectivity index (χ4v) is 4.88. The van der Waals surface area contributed by atoms with Crippen molar-refractivity contribution >= 4 is 35.6 Å². The van der Waals surface area contributed by atoms with E-state index < -0.39 is 0 Å². The molecule has 0 radical (unpaired) electrons. The van der Waals surface area contributed by atoms with Crippen LogP contribution in [0.25, 0.3) is 0 Å². The van der Waals surface area contributed by atoms with Gasteiger partial charge >= 0.3 is 0 Å². The predicted molar refractivity (Wildman–Crippen MR) is 127 cm³/mol. The van der Waals surface area contributed by atoms with Crippen molar-refractivity contribution in [3.8, 4) is 0 Å². The van der Waals surface area contributed by atoms with Gasteiger partial charge in [-0.3, -0.25) is 0 Å². The quantitative estimate of drug-likeness (QED) is 0.375. The zero-order chi connectivity index (χ0) is 19.3. The number of guanidine groups is 1. The minimum Gasteiger partial charge on any atom is -0.378 e. The fourth-order valence-electron chi connectivity index (χ4n) is 4.88. The van der Waals surface area contributed by atoms with Crippen LogP contribution in [0.1, 0.15) is 38.2 Å². The third kappa shape index (κ3) is 5.54. The number of nitrogens with one attached hydrogen (secondary N) is 1. The first-order valence-electron chi connectivity index (χ1n) is 10.9. The van der Waals surface area contributed by atoms with Crippen LogP contribution in [0.15, 0.2) is 23.2 Å². The maximum Gasteiger partial charge on any atom is 0.194 e. The summed E-state index contributed by atoms with van der Waals surface area (Å²) in [6, 6.07) is 5.54. The lowest BCUT2D eigenvalue weighted by molar-refractivity contribution is 0.122. The Balaban J connectivity index is 0.00000240. The Labute approximate surface area is 191 Å². The molecule has 2 aliphatic heterocycles. The summed E-state index contributed by atoms with van der Waals surface area (Å²) in [5, 5.41) is 3.44. The van der Waals surface area contributed by atoms with Crippen molar-refractivity contribution in [1.29, 1.82) is 0 Å². The average molecular weight is 516 g/mol. The highest BCUT2D eigenvalue weighted by atomic mass is 127. The molecule has 1 N–H and O–H groups in total. The van der Waals surface area contributed by atoms with Crippen LogP contribution >= 0.6 is 24.0 Å². The Morgan fingerprint density at radius 2 is 1.86 bits per heavy atom. The number of anilines is 1. The van der Waals surface area contributed by atoms with E-state index in [1.165, 1.54) is 25.7 Å². The molecule has 4 rings (SSSR count). The molecule has 2 heterocycles. The molecule has 0 spiro atoms. The number of halogens is 2. The summed E-state index contributed by atoms with van der Waals surface area (Å²) in [5.41, 5.74) is 1.59. The largest absolute Gasteiger partial charge is 0.378 e. The van der Waals surface area contributed by atoms with Crippen molar-refractivity contribution in [2.75, 3.05) is 50.8 Å².